The number of thioether (sulfide) groups is 1. The Balaban J connectivity index is 2.57. The van der Waals surface area contributed by atoms with Gasteiger partial charge in [0.15, 0.2) is 0 Å². The van der Waals surface area contributed by atoms with E-state index in [1.165, 1.54) is 6.07 Å². The fourth-order valence-electron chi connectivity index (χ4n) is 1.43. The predicted octanol–water partition coefficient (Wildman–Crippen LogP) is 3.00. The van der Waals surface area contributed by atoms with E-state index < -0.39 is 0 Å². The summed E-state index contributed by atoms with van der Waals surface area (Å²) in [6.45, 7) is 4.29. The van der Waals surface area contributed by atoms with E-state index in [4.69, 9.17) is 17.4 Å². The summed E-state index contributed by atoms with van der Waals surface area (Å²) in [5.41, 5.74) is 3.77. The van der Waals surface area contributed by atoms with Crippen molar-refractivity contribution < 1.29 is 4.39 Å². The monoisotopic (exact) mass is 276 g/mol. The highest BCUT2D eigenvalue weighted by molar-refractivity contribution is 7.99. The molecule has 0 heterocycles. The molecule has 0 aliphatic carbocycles. The maximum Gasteiger partial charge on any atom is 0.141 e. The van der Waals surface area contributed by atoms with Crippen LogP contribution in [0.4, 0.5) is 4.39 Å². The van der Waals surface area contributed by atoms with Crippen LogP contribution >= 0.6 is 23.4 Å². The largest absolute Gasteiger partial charge is 0.271 e. The number of benzene rings is 1. The maximum absolute atomic E-state index is 13.0. The highest BCUT2D eigenvalue weighted by Crippen LogP contribution is 2.18. The lowest BCUT2D eigenvalue weighted by atomic mass is 10.1. The molecule has 1 aromatic carbocycles. The Morgan fingerprint density at radius 1 is 1.47 bits per heavy atom. The van der Waals surface area contributed by atoms with Crippen molar-refractivity contribution in [2.75, 3.05) is 5.75 Å². The third-order valence-corrected chi connectivity index (χ3v) is 3.88. The van der Waals surface area contributed by atoms with Crippen LogP contribution in [-0.4, -0.2) is 17.0 Å². The van der Waals surface area contributed by atoms with Crippen LogP contribution < -0.4 is 11.3 Å². The van der Waals surface area contributed by atoms with E-state index in [1.807, 2.05) is 11.8 Å². The van der Waals surface area contributed by atoms with Gasteiger partial charge in [0.05, 0.1) is 5.02 Å². The van der Waals surface area contributed by atoms with Crippen molar-refractivity contribution in [3.63, 3.8) is 0 Å². The topological polar surface area (TPSA) is 38.0 Å². The Bertz CT molecular complexity index is 360. The number of hydrogen-bond acceptors (Lipinski definition) is 3. The van der Waals surface area contributed by atoms with Crippen LogP contribution in [0.15, 0.2) is 18.2 Å². The van der Waals surface area contributed by atoms with Gasteiger partial charge in [-0.05, 0) is 29.4 Å². The molecule has 0 saturated carbocycles. The summed E-state index contributed by atoms with van der Waals surface area (Å²) < 4.78 is 13.0. The van der Waals surface area contributed by atoms with Gasteiger partial charge < -0.3 is 0 Å². The molecule has 5 heteroatoms. The lowest BCUT2D eigenvalue weighted by Crippen LogP contribution is -2.39. The third kappa shape index (κ3) is 5.25. The minimum Gasteiger partial charge on any atom is -0.271 e. The van der Waals surface area contributed by atoms with Crippen molar-refractivity contribution in [3.8, 4) is 0 Å². The molecule has 1 aromatic rings. The van der Waals surface area contributed by atoms with E-state index in [9.17, 15) is 4.39 Å². The molecule has 0 saturated heterocycles. The molecule has 1 rings (SSSR count). The Hall–Kier alpha value is -0.290. The molecule has 96 valence electrons. The minimum atomic E-state index is -0.385. The molecule has 0 aromatic heterocycles. The second-order valence-corrected chi connectivity index (χ2v) is 6.21. The first-order valence-corrected chi connectivity index (χ1v) is 6.97. The number of nitrogens with one attached hydrogen (secondary N) is 1. The van der Waals surface area contributed by atoms with Crippen molar-refractivity contribution in [2.45, 2.75) is 31.6 Å². The van der Waals surface area contributed by atoms with Crippen LogP contribution in [0.3, 0.4) is 0 Å². The number of halogens is 2. The summed E-state index contributed by atoms with van der Waals surface area (Å²) in [5, 5.41) is 0.734. The van der Waals surface area contributed by atoms with Gasteiger partial charge in [-0.2, -0.15) is 11.8 Å². The van der Waals surface area contributed by atoms with E-state index in [2.05, 4.69) is 19.3 Å². The molecule has 0 aliphatic rings. The summed E-state index contributed by atoms with van der Waals surface area (Å²) >= 11 is 7.58. The van der Waals surface area contributed by atoms with Gasteiger partial charge in [0.1, 0.15) is 5.82 Å². The van der Waals surface area contributed by atoms with E-state index in [0.717, 1.165) is 17.7 Å². The highest BCUT2D eigenvalue weighted by atomic mass is 35.5. The maximum atomic E-state index is 13.0. The molecule has 1 atom stereocenters. The van der Waals surface area contributed by atoms with Gasteiger partial charge in [0.2, 0.25) is 0 Å². The van der Waals surface area contributed by atoms with Gasteiger partial charge in [-0.3, -0.25) is 11.3 Å². The predicted molar refractivity (Wildman–Crippen MR) is 73.8 cm³/mol. The first kappa shape index (κ1) is 14.8. The molecular formula is C12H18ClFN2S. The Kier molecular flexibility index (Phi) is 6.27. The first-order chi connectivity index (χ1) is 8.02. The Morgan fingerprint density at radius 2 is 2.18 bits per heavy atom. The Labute approximate surface area is 111 Å². The molecule has 1 unspecified atom stereocenters. The zero-order valence-electron chi connectivity index (χ0n) is 10.0. The highest BCUT2D eigenvalue weighted by Gasteiger charge is 2.10. The SMILES string of the molecule is CC(C)SCC(Cc1ccc(F)c(Cl)c1)NN. The lowest BCUT2D eigenvalue weighted by molar-refractivity contribution is 0.573. The van der Waals surface area contributed by atoms with Crippen molar-refractivity contribution in [1.29, 1.82) is 0 Å². The van der Waals surface area contributed by atoms with Crippen molar-refractivity contribution in [2.24, 2.45) is 5.84 Å². The van der Waals surface area contributed by atoms with Gasteiger partial charge in [-0.25, -0.2) is 4.39 Å². The fraction of sp³-hybridized carbons (Fsp3) is 0.500. The molecule has 17 heavy (non-hydrogen) atoms. The molecule has 3 N–H and O–H groups in total. The molecule has 0 bridgehead atoms. The summed E-state index contributed by atoms with van der Waals surface area (Å²) in [7, 11) is 0. The van der Waals surface area contributed by atoms with Crippen molar-refractivity contribution in [3.05, 3.63) is 34.6 Å². The van der Waals surface area contributed by atoms with Crippen molar-refractivity contribution >= 4 is 23.4 Å². The average molecular weight is 277 g/mol. The van der Waals surface area contributed by atoms with Crippen LogP contribution in [0.5, 0.6) is 0 Å². The van der Waals surface area contributed by atoms with Gasteiger partial charge in [-0.15, -0.1) is 0 Å². The minimum absolute atomic E-state index is 0.162. The van der Waals surface area contributed by atoms with E-state index in [0.29, 0.717) is 5.25 Å². The van der Waals surface area contributed by atoms with E-state index >= 15 is 0 Å². The zero-order chi connectivity index (χ0) is 12.8. The molecular weight excluding hydrogens is 259 g/mol. The van der Waals surface area contributed by atoms with Crippen molar-refractivity contribution in [1.82, 2.24) is 5.43 Å². The van der Waals surface area contributed by atoms with E-state index in [-0.39, 0.29) is 16.9 Å². The molecule has 0 amide bonds. The standard InChI is InChI=1S/C12H18ClFN2S/c1-8(2)17-7-10(16-15)5-9-3-4-12(14)11(13)6-9/h3-4,6,8,10,16H,5,7,15H2,1-2H3. The third-order valence-electron chi connectivity index (χ3n) is 2.33. The number of hydrogen-bond donors (Lipinski definition) is 2. The number of hydrazine groups is 1. The summed E-state index contributed by atoms with van der Waals surface area (Å²) in [5.74, 6) is 6.04. The van der Waals surface area contributed by atoms with Gasteiger partial charge in [0, 0.05) is 11.8 Å². The van der Waals surface area contributed by atoms with Gasteiger partial charge in [0.25, 0.3) is 0 Å². The molecule has 0 aliphatic heterocycles. The van der Waals surface area contributed by atoms with Crippen LogP contribution in [-0.2, 0) is 6.42 Å². The fourth-order valence-corrected chi connectivity index (χ4v) is 2.46. The molecule has 2 nitrogen and oxygen atoms in total. The van der Waals surface area contributed by atoms with Gasteiger partial charge >= 0.3 is 0 Å². The molecule has 0 fully saturated rings. The van der Waals surface area contributed by atoms with Crippen LogP contribution in [0.1, 0.15) is 19.4 Å². The van der Waals surface area contributed by atoms with Crippen LogP contribution in [0.25, 0.3) is 0 Å². The van der Waals surface area contributed by atoms with Crippen LogP contribution in [0, 0.1) is 5.82 Å². The summed E-state index contributed by atoms with van der Waals surface area (Å²) in [6, 6.07) is 4.96. The normalized spacial score (nSPS) is 13.1. The lowest BCUT2D eigenvalue weighted by Gasteiger charge is -2.17. The number of nitrogens with two attached hydrogens (primary N) is 1. The molecule has 0 radical (unpaired) electrons. The Morgan fingerprint density at radius 3 is 2.71 bits per heavy atom. The van der Waals surface area contributed by atoms with Crippen LogP contribution in [0.2, 0.25) is 5.02 Å². The smallest absolute Gasteiger partial charge is 0.141 e. The average Bonchev–Trinajstić information content (AvgIpc) is 2.28. The molecule has 0 spiro atoms. The van der Waals surface area contributed by atoms with E-state index in [1.54, 1.807) is 12.1 Å². The quantitative estimate of drug-likeness (QED) is 0.620. The summed E-state index contributed by atoms with van der Waals surface area (Å²) in [4.78, 5) is 0. The van der Waals surface area contributed by atoms with Gasteiger partial charge in [-0.1, -0.05) is 31.5 Å². The second-order valence-electron chi connectivity index (χ2n) is 4.20. The zero-order valence-corrected chi connectivity index (χ0v) is 11.6. The summed E-state index contributed by atoms with van der Waals surface area (Å²) in [6.07, 6.45) is 0.746. The second kappa shape index (κ2) is 7.21. The first-order valence-electron chi connectivity index (χ1n) is 5.54. The number of rotatable bonds is 6.